The first-order valence-corrected chi connectivity index (χ1v) is 6.91. The van der Waals surface area contributed by atoms with Crippen LogP contribution in [0, 0.1) is 6.92 Å². The number of rotatable bonds is 4. The van der Waals surface area contributed by atoms with Crippen molar-refractivity contribution in [3.05, 3.63) is 29.3 Å². The number of hydrogen-bond donors (Lipinski definition) is 1. The molecule has 0 radical (unpaired) electrons. The number of benzene rings is 1. The van der Waals surface area contributed by atoms with Crippen molar-refractivity contribution in [2.45, 2.75) is 45.2 Å². The van der Waals surface area contributed by atoms with Crippen molar-refractivity contribution in [2.75, 3.05) is 18.0 Å². The Labute approximate surface area is 104 Å². The van der Waals surface area contributed by atoms with Crippen LogP contribution in [0.25, 0.3) is 0 Å². The molecule has 2 heteroatoms. The van der Waals surface area contributed by atoms with Crippen LogP contribution in [0.3, 0.4) is 0 Å². The Bertz CT molecular complexity index is 390. The second-order valence-corrected chi connectivity index (χ2v) is 5.47. The molecular formula is C15H22N2. The minimum absolute atomic E-state index is 0.800. The van der Waals surface area contributed by atoms with Gasteiger partial charge in [0.2, 0.25) is 0 Å². The largest absolute Gasteiger partial charge is 0.371 e. The lowest BCUT2D eigenvalue weighted by molar-refractivity contribution is 0.687. The Morgan fingerprint density at radius 3 is 2.65 bits per heavy atom. The summed E-state index contributed by atoms with van der Waals surface area (Å²) in [4.78, 5) is 2.52. The van der Waals surface area contributed by atoms with Crippen LogP contribution in [-0.2, 0) is 6.54 Å². The fourth-order valence-corrected chi connectivity index (χ4v) is 2.69. The molecule has 3 rings (SSSR count). The van der Waals surface area contributed by atoms with E-state index in [0.29, 0.717) is 0 Å². The van der Waals surface area contributed by atoms with Crippen molar-refractivity contribution in [3.63, 3.8) is 0 Å². The lowest BCUT2D eigenvalue weighted by atomic mass is 10.1. The quantitative estimate of drug-likeness (QED) is 0.855. The molecule has 1 N–H and O–H groups in total. The highest BCUT2D eigenvalue weighted by molar-refractivity contribution is 5.55. The molecule has 0 spiro atoms. The molecule has 2 fully saturated rings. The summed E-state index contributed by atoms with van der Waals surface area (Å²) < 4.78 is 0. The molecule has 0 amide bonds. The van der Waals surface area contributed by atoms with Crippen molar-refractivity contribution < 1.29 is 0 Å². The molecule has 0 atom stereocenters. The van der Waals surface area contributed by atoms with E-state index < -0.39 is 0 Å². The third kappa shape index (κ3) is 2.63. The molecule has 2 nitrogen and oxygen atoms in total. The maximum Gasteiger partial charge on any atom is 0.0396 e. The van der Waals surface area contributed by atoms with Gasteiger partial charge in [-0.1, -0.05) is 12.1 Å². The summed E-state index contributed by atoms with van der Waals surface area (Å²) >= 11 is 0. The van der Waals surface area contributed by atoms with E-state index >= 15 is 0 Å². The van der Waals surface area contributed by atoms with Gasteiger partial charge in [0, 0.05) is 31.4 Å². The predicted molar refractivity (Wildman–Crippen MR) is 72.5 cm³/mol. The third-order valence-electron chi connectivity index (χ3n) is 3.88. The van der Waals surface area contributed by atoms with E-state index in [1.807, 2.05) is 0 Å². The maximum atomic E-state index is 3.58. The average molecular weight is 230 g/mol. The van der Waals surface area contributed by atoms with E-state index in [9.17, 15) is 0 Å². The smallest absolute Gasteiger partial charge is 0.0396 e. The summed E-state index contributed by atoms with van der Waals surface area (Å²) in [6.07, 6.45) is 5.44. The van der Waals surface area contributed by atoms with E-state index in [0.717, 1.165) is 12.6 Å². The molecule has 0 unspecified atom stereocenters. The lowest BCUT2D eigenvalue weighted by Gasteiger charge is -2.20. The van der Waals surface area contributed by atoms with Gasteiger partial charge in [-0.2, -0.15) is 0 Å². The fraction of sp³-hybridized carbons (Fsp3) is 0.600. The van der Waals surface area contributed by atoms with E-state index in [2.05, 4.69) is 35.3 Å². The number of hydrogen-bond acceptors (Lipinski definition) is 2. The molecule has 2 aliphatic rings. The first-order chi connectivity index (χ1) is 8.33. The first kappa shape index (κ1) is 11.1. The van der Waals surface area contributed by atoms with Crippen molar-refractivity contribution in [1.29, 1.82) is 0 Å². The second-order valence-electron chi connectivity index (χ2n) is 5.47. The average Bonchev–Trinajstić information content (AvgIpc) is 3.01. The maximum absolute atomic E-state index is 3.58. The molecular weight excluding hydrogens is 208 g/mol. The minimum Gasteiger partial charge on any atom is -0.371 e. The van der Waals surface area contributed by atoms with Crippen LogP contribution in [0.2, 0.25) is 0 Å². The molecule has 0 aromatic heterocycles. The molecule has 1 saturated carbocycles. The van der Waals surface area contributed by atoms with Gasteiger partial charge in [0.25, 0.3) is 0 Å². The van der Waals surface area contributed by atoms with Crippen LogP contribution < -0.4 is 10.2 Å². The Balaban J connectivity index is 1.68. The van der Waals surface area contributed by atoms with E-state index in [1.54, 1.807) is 0 Å². The lowest BCUT2D eigenvalue weighted by Crippen LogP contribution is -2.19. The van der Waals surface area contributed by atoms with E-state index in [4.69, 9.17) is 0 Å². The monoisotopic (exact) mass is 230 g/mol. The number of nitrogens with zero attached hydrogens (tertiary/aromatic N) is 1. The van der Waals surface area contributed by atoms with Crippen molar-refractivity contribution >= 4 is 5.69 Å². The molecule has 1 aliphatic carbocycles. The highest BCUT2D eigenvalue weighted by Gasteiger charge is 2.20. The van der Waals surface area contributed by atoms with Gasteiger partial charge in [-0.05, 0) is 49.8 Å². The first-order valence-electron chi connectivity index (χ1n) is 6.91. The zero-order chi connectivity index (χ0) is 11.7. The Morgan fingerprint density at radius 2 is 2.00 bits per heavy atom. The van der Waals surface area contributed by atoms with Crippen molar-refractivity contribution in [1.82, 2.24) is 5.32 Å². The molecule has 92 valence electrons. The van der Waals surface area contributed by atoms with Crippen molar-refractivity contribution in [3.8, 4) is 0 Å². The summed E-state index contributed by atoms with van der Waals surface area (Å²) in [5.74, 6) is 0. The number of anilines is 1. The summed E-state index contributed by atoms with van der Waals surface area (Å²) in [6, 6.07) is 7.75. The fourth-order valence-electron chi connectivity index (χ4n) is 2.69. The van der Waals surface area contributed by atoms with Gasteiger partial charge in [0.05, 0.1) is 0 Å². The van der Waals surface area contributed by atoms with Crippen LogP contribution in [0.4, 0.5) is 5.69 Å². The Kier molecular flexibility index (Phi) is 3.06. The molecule has 0 bridgehead atoms. The van der Waals surface area contributed by atoms with E-state index in [-0.39, 0.29) is 0 Å². The van der Waals surface area contributed by atoms with Crippen LogP contribution in [0.15, 0.2) is 18.2 Å². The van der Waals surface area contributed by atoms with Gasteiger partial charge in [0.15, 0.2) is 0 Å². The minimum atomic E-state index is 0.800. The third-order valence-corrected chi connectivity index (χ3v) is 3.88. The van der Waals surface area contributed by atoms with Gasteiger partial charge >= 0.3 is 0 Å². The number of aryl methyl sites for hydroxylation is 1. The summed E-state index contributed by atoms with van der Waals surface area (Å²) in [5.41, 5.74) is 4.30. The van der Waals surface area contributed by atoms with Crippen LogP contribution >= 0.6 is 0 Å². The Hall–Kier alpha value is -1.02. The molecule has 1 aliphatic heterocycles. The van der Waals surface area contributed by atoms with Crippen LogP contribution in [0.1, 0.15) is 36.8 Å². The highest BCUT2D eigenvalue weighted by Crippen LogP contribution is 2.25. The predicted octanol–water partition coefficient (Wildman–Crippen LogP) is 2.85. The van der Waals surface area contributed by atoms with Gasteiger partial charge in [-0.25, -0.2) is 0 Å². The van der Waals surface area contributed by atoms with Gasteiger partial charge < -0.3 is 10.2 Å². The zero-order valence-corrected chi connectivity index (χ0v) is 10.7. The molecule has 1 aromatic rings. The SMILES string of the molecule is Cc1cc(CNC2CC2)ccc1N1CCCC1. The molecule has 1 saturated heterocycles. The van der Waals surface area contributed by atoms with Gasteiger partial charge in [-0.3, -0.25) is 0 Å². The molecule has 17 heavy (non-hydrogen) atoms. The van der Waals surface area contributed by atoms with Crippen LogP contribution in [0.5, 0.6) is 0 Å². The number of nitrogens with one attached hydrogen (secondary N) is 1. The zero-order valence-electron chi connectivity index (χ0n) is 10.7. The standard InChI is InChI=1S/C15H22N2/c1-12-10-13(11-16-14-5-6-14)4-7-15(12)17-8-2-3-9-17/h4,7,10,14,16H,2-3,5-6,8-9,11H2,1H3. The summed E-state index contributed by atoms with van der Waals surface area (Å²) in [5, 5.41) is 3.58. The van der Waals surface area contributed by atoms with Crippen LogP contribution in [-0.4, -0.2) is 19.1 Å². The van der Waals surface area contributed by atoms with E-state index in [1.165, 1.54) is 55.6 Å². The second kappa shape index (κ2) is 4.69. The molecule has 1 aromatic carbocycles. The van der Waals surface area contributed by atoms with Gasteiger partial charge in [0.1, 0.15) is 0 Å². The topological polar surface area (TPSA) is 15.3 Å². The summed E-state index contributed by atoms with van der Waals surface area (Å²) in [7, 11) is 0. The highest BCUT2D eigenvalue weighted by atomic mass is 15.1. The molecule has 1 heterocycles. The Morgan fingerprint density at radius 1 is 1.24 bits per heavy atom. The van der Waals surface area contributed by atoms with Crippen molar-refractivity contribution in [2.24, 2.45) is 0 Å². The van der Waals surface area contributed by atoms with Gasteiger partial charge in [-0.15, -0.1) is 0 Å². The summed E-state index contributed by atoms with van der Waals surface area (Å²) in [6.45, 7) is 5.75. The normalized spacial score (nSPS) is 19.9.